The lowest BCUT2D eigenvalue weighted by Gasteiger charge is -2.20. The summed E-state index contributed by atoms with van der Waals surface area (Å²) in [5, 5.41) is 9.73. The summed E-state index contributed by atoms with van der Waals surface area (Å²) in [4.78, 5) is 11.9. The van der Waals surface area contributed by atoms with E-state index in [4.69, 9.17) is 10.5 Å². The number of carbonyl (C=O) groups is 1. The van der Waals surface area contributed by atoms with Crippen molar-refractivity contribution in [3.05, 3.63) is 17.5 Å². The van der Waals surface area contributed by atoms with Crippen molar-refractivity contribution >= 4 is 5.91 Å². The molecular weight excluding hydrogens is 232 g/mol. The van der Waals surface area contributed by atoms with Crippen LogP contribution in [0.25, 0.3) is 0 Å². The maximum atomic E-state index is 11.9. The molecule has 0 saturated carbocycles. The number of nitrogens with one attached hydrogen (secondary N) is 2. The number of nitrogens with two attached hydrogens (primary N) is 1. The lowest BCUT2D eigenvalue weighted by molar-refractivity contribution is -0.126. The van der Waals surface area contributed by atoms with Crippen molar-refractivity contribution in [3.63, 3.8) is 0 Å². The van der Waals surface area contributed by atoms with Gasteiger partial charge in [-0.05, 0) is 31.7 Å². The van der Waals surface area contributed by atoms with Gasteiger partial charge in [0.1, 0.15) is 5.54 Å². The van der Waals surface area contributed by atoms with E-state index < -0.39 is 5.54 Å². The Bertz CT molecular complexity index is 410. The molecule has 2 heterocycles. The van der Waals surface area contributed by atoms with E-state index in [2.05, 4.69) is 15.5 Å². The number of aromatic nitrogens is 2. The molecule has 18 heavy (non-hydrogen) atoms. The predicted molar refractivity (Wildman–Crippen MR) is 67.0 cm³/mol. The zero-order chi connectivity index (χ0) is 13.0. The highest BCUT2D eigenvalue weighted by Crippen LogP contribution is 2.15. The molecule has 1 aliphatic rings. The fraction of sp³-hybridized carbons (Fsp3) is 0.667. The van der Waals surface area contributed by atoms with Crippen molar-refractivity contribution in [1.29, 1.82) is 0 Å². The molecule has 1 aliphatic heterocycles. The van der Waals surface area contributed by atoms with Crippen LogP contribution in [0.1, 0.15) is 24.1 Å². The van der Waals surface area contributed by atoms with Crippen LogP contribution in [-0.2, 0) is 16.0 Å². The van der Waals surface area contributed by atoms with Gasteiger partial charge in [-0.1, -0.05) is 0 Å². The van der Waals surface area contributed by atoms with Crippen molar-refractivity contribution in [2.75, 3.05) is 19.8 Å². The molecule has 1 amide bonds. The smallest absolute Gasteiger partial charge is 0.242 e. The number of H-pyrrole nitrogens is 1. The number of hydrogen-bond donors (Lipinski definition) is 3. The third kappa shape index (κ3) is 2.88. The van der Waals surface area contributed by atoms with E-state index in [0.29, 0.717) is 26.2 Å². The Hall–Kier alpha value is -1.40. The highest BCUT2D eigenvalue weighted by atomic mass is 16.5. The number of rotatable bonds is 5. The molecule has 100 valence electrons. The molecule has 6 heteroatoms. The molecule has 1 unspecified atom stereocenters. The molecule has 4 N–H and O–H groups in total. The van der Waals surface area contributed by atoms with Gasteiger partial charge in [0.15, 0.2) is 0 Å². The first-order chi connectivity index (χ1) is 8.62. The number of hydrogen-bond acceptors (Lipinski definition) is 4. The van der Waals surface area contributed by atoms with Gasteiger partial charge in [-0.3, -0.25) is 9.89 Å². The summed E-state index contributed by atoms with van der Waals surface area (Å²) >= 11 is 0. The highest BCUT2D eigenvalue weighted by Gasteiger charge is 2.37. The van der Waals surface area contributed by atoms with Gasteiger partial charge in [0.25, 0.3) is 0 Å². The average molecular weight is 252 g/mol. The minimum atomic E-state index is -0.828. The number of nitrogens with zero attached hydrogens (tertiary/aromatic N) is 1. The first-order valence-corrected chi connectivity index (χ1v) is 6.25. The second-order valence-corrected chi connectivity index (χ2v) is 4.84. The van der Waals surface area contributed by atoms with Crippen molar-refractivity contribution in [2.45, 2.75) is 31.7 Å². The molecule has 1 fully saturated rings. The minimum absolute atomic E-state index is 0.107. The van der Waals surface area contributed by atoms with Crippen LogP contribution in [0.2, 0.25) is 0 Å². The molecule has 1 aromatic heterocycles. The molecule has 1 atom stereocenters. The lowest BCUT2D eigenvalue weighted by Crippen LogP contribution is -2.54. The Morgan fingerprint density at radius 1 is 1.72 bits per heavy atom. The van der Waals surface area contributed by atoms with E-state index in [-0.39, 0.29) is 5.91 Å². The van der Waals surface area contributed by atoms with E-state index >= 15 is 0 Å². The molecule has 1 saturated heterocycles. The van der Waals surface area contributed by atoms with Crippen molar-refractivity contribution in [3.8, 4) is 0 Å². The van der Waals surface area contributed by atoms with Gasteiger partial charge >= 0.3 is 0 Å². The van der Waals surface area contributed by atoms with Gasteiger partial charge in [0.05, 0.1) is 12.8 Å². The Morgan fingerprint density at radius 3 is 3.17 bits per heavy atom. The summed E-state index contributed by atoms with van der Waals surface area (Å²) in [7, 11) is 0. The standard InChI is InChI=1S/C12H20N4O2/c1-9-10(7-15-16-9)3-2-5-14-11(17)12(13)4-6-18-8-12/h7H,2-6,8,13H2,1H3,(H,14,17)(H,15,16). The summed E-state index contributed by atoms with van der Waals surface area (Å²) < 4.78 is 5.16. The second-order valence-electron chi connectivity index (χ2n) is 4.84. The van der Waals surface area contributed by atoms with Gasteiger partial charge in [0.2, 0.25) is 5.91 Å². The first kappa shape index (κ1) is 13.0. The van der Waals surface area contributed by atoms with Gasteiger partial charge in [-0.15, -0.1) is 0 Å². The van der Waals surface area contributed by atoms with Crippen LogP contribution in [0, 0.1) is 6.92 Å². The van der Waals surface area contributed by atoms with Gasteiger partial charge < -0.3 is 15.8 Å². The normalized spacial score (nSPS) is 23.2. The van der Waals surface area contributed by atoms with E-state index in [1.165, 1.54) is 5.56 Å². The van der Waals surface area contributed by atoms with Crippen LogP contribution < -0.4 is 11.1 Å². The summed E-state index contributed by atoms with van der Waals surface area (Å²) in [5.41, 5.74) is 7.40. The van der Waals surface area contributed by atoms with Crippen molar-refractivity contribution < 1.29 is 9.53 Å². The number of carbonyl (C=O) groups excluding carboxylic acids is 1. The summed E-state index contributed by atoms with van der Waals surface area (Å²) in [5.74, 6) is -0.107. The third-order valence-electron chi connectivity index (χ3n) is 3.35. The first-order valence-electron chi connectivity index (χ1n) is 6.25. The van der Waals surface area contributed by atoms with Crippen LogP contribution in [0.5, 0.6) is 0 Å². The van der Waals surface area contributed by atoms with E-state index in [1.807, 2.05) is 13.1 Å². The summed E-state index contributed by atoms with van der Waals surface area (Å²) in [6.07, 6.45) is 4.20. The van der Waals surface area contributed by atoms with Crippen LogP contribution in [0.3, 0.4) is 0 Å². The highest BCUT2D eigenvalue weighted by molar-refractivity contribution is 5.86. The quantitative estimate of drug-likeness (QED) is 0.637. The molecule has 0 spiro atoms. The molecule has 0 aliphatic carbocycles. The van der Waals surface area contributed by atoms with Gasteiger partial charge in [-0.25, -0.2) is 0 Å². The van der Waals surface area contributed by atoms with Crippen LogP contribution in [0.15, 0.2) is 6.20 Å². The fourth-order valence-corrected chi connectivity index (χ4v) is 2.04. The maximum absolute atomic E-state index is 11.9. The van der Waals surface area contributed by atoms with E-state index in [0.717, 1.165) is 18.5 Å². The number of aryl methyl sites for hydroxylation is 2. The zero-order valence-electron chi connectivity index (χ0n) is 10.7. The Morgan fingerprint density at radius 2 is 2.56 bits per heavy atom. The molecular formula is C12H20N4O2. The lowest BCUT2D eigenvalue weighted by atomic mass is 9.99. The molecule has 2 rings (SSSR count). The SMILES string of the molecule is Cc1[nH]ncc1CCCNC(=O)C1(N)CCOC1. The summed E-state index contributed by atoms with van der Waals surface area (Å²) in [6, 6.07) is 0. The molecule has 6 nitrogen and oxygen atoms in total. The molecule has 0 radical (unpaired) electrons. The van der Waals surface area contributed by atoms with E-state index in [1.54, 1.807) is 0 Å². The van der Waals surface area contributed by atoms with Gasteiger partial charge in [0, 0.05) is 18.8 Å². The van der Waals surface area contributed by atoms with Crippen LogP contribution in [0.4, 0.5) is 0 Å². The molecule has 1 aromatic rings. The average Bonchev–Trinajstić information content (AvgIpc) is 2.95. The number of ether oxygens (including phenoxy) is 1. The Kier molecular flexibility index (Phi) is 3.98. The van der Waals surface area contributed by atoms with Crippen molar-refractivity contribution in [1.82, 2.24) is 15.5 Å². The topological polar surface area (TPSA) is 93.0 Å². The number of aromatic amines is 1. The van der Waals surface area contributed by atoms with Gasteiger partial charge in [-0.2, -0.15) is 5.10 Å². The van der Waals surface area contributed by atoms with Crippen LogP contribution >= 0.6 is 0 Å². The monoisotopic (exact) mass is 252 g/mol. The maximum Gasteiger partial charge on any atom is 0.242 e. The van der Waals surface area contributed by atoms with Crippen LogP contribution in [-0.4, -0.2) is 41.4 Å². The minimum Gasteiger partial charge on any atom is -0.379 e. The largest absolute Gasteiger partial charge is 0.379 e. The molecule has 0 bridgehead atoms. The second kappa shape index (κ2) is 5.49. The predicted octanol–water partition coefficient (Wildman–Crippen LogP) is -0.115. The molecule has 0 aromatic carbocycles. The number of amides is 1. The summed E-state index contributed by atoms with van der Waals surface area (Å²) in [6.45, 7) is 3.51. The third-order valence-corrected chi connectivity index (χ3v) is 3.35. The fourth-order valence-electron chi connectivity index (χ4n) is 2.04. The van der Waals surface area contributed by atoms with Crippen molar-refractivity contribution in [2.24, 2.45) is 5.73 Å². The Balaban J connectivity index is 1.69. The van der Waals surface area contributed by atoms with E-state index in [9.17, 15) is 4.79 Å². The Labute approximate surface area is 106 Å². The zero-order valence-corrected chi connectivity index (χ0v) is 10.7.